The topological polar surface area (TPSA) is 111 Å². The SMILES string of the molecule is C=C1[N-]C2=C1NCCO2.C=N/C=C\Nc1ccccc1.CCC.C[N-]CC(=O)O.[U+2]. The number of aliphatic imine (C=N–C) groups is 1. The van der Waals surface area contributed by atoms with Crippen LogP contribution in [0.25, 0.3) is 10.6 Å². The summed E-state index contributed by atoms with van der Waals surface area (Å²) in [4.78, 5) is 13.1. The molecule has 3 N–H and O–H groups in total. The molecule has 8 nitrogen and oxygen atoms in total. The minimum absolute atomic E-state index is 0. The van der Waals surface area contributed by atoms with Gasteiger partial charge in [-0.15, -0.1) is 12.3 Å². The van der Waals surface area contributed by atoms with Crippen LogP contribution in [-0.4, -0.2) is 44.5 Å². The van der Waals surface area contributed by atoms with Crippen molar-refractivity contribution in [3.63, 3.8) is 0 Å². The molecule has 2 aliphatic rings. The number of anilines is 1. The minimum atomic E-state index is -0.877. The summed E-state index contributed by atoms with van der Waals surface area (Å²) in [5, 5.41) is 21.3. The quantitative estimate of drug-likeness (QED) is 0.413. The molecule has 0 fully saturated rings. The summed E-state index contributed by atoms with van der Waals surface area (Å²) in [6.45, 7) is 12.7. The maximum absolute atomic E-state index is 9.51. The van der Waals surface area contributed by atoms with E-state index in [0.717, 1.165) is 36.1 Å². The van der Waals surface area contributed by atoms with Crippen molar-refractivity contribution in [2.75, 3.05) is 32.1 Å². The Morgan fingerprint density at radius 2 is 2.03 bits per heavy atom. The first-order valence-corrected chi connectivity index (χ1v) is 9.21. The van der Waals surface area contributed by atoms with E-state index in [1.807, 2.05) is 30.3 Å². The van der Waals surface area contributed by atoms with Gasteiger partial charge >= 0.3 is 31.1 Å². The molecule has 0 radical (unpaired) electrons. The molecule has 0 unspecified atom stereocenters. The van der Waals surface area contributed by atoms with Crippen LogP contribution in [0, 0.1) is 31.1 Å². The standard InChI is InChI=1S/C9H10N2.C6H7N2O.C3H6NO2.C3H8.U/c1-10-7-8-11-9-5-3-2-4-6-9;1-4-5-6(8-4)9-3-2-7-5;1-4-2-3(5)6;1-3-2;/h2-8,11H,1H2;7H,1-3H2;2H2,1H3,(H,5,6);3H2,1-2H3;/q;2*-1;;+2/b8-7-;;;;. The molecule has 0 spiro atoms. The van der Waals surface area contributed by atoms with Crippen molar-refractivity contribution in [3.8, 4) is 0 Å². The van der Waals surface area contributed by atoms with E-state index in [9.17, 15) is 4.79 Å². The van der Waals surface area contributed by atoms with Crippen LogP contribution >= 0.6 is 0 Å². The fourth-order valence-corrected chi connectivity index (χ4v) is 1.77. The number of likely N-dealkylation sites (N-methyl/N-ethyl adjacent to an activating group) is 1. The molecule has 0 atom stereocenters. The first-order valence-electron chi connectivity index (χ1n) is 9.21. The summed E-state index contributed by atoms with van der Waals surface area (Å²) < 4.78 is 5.14. The first-order chi connectivity index (χ1) is 14.0. The minimum Gasteiger partial charge on any atom is -0.656 e. The van der Waals surface area contributed by atoms with Crippen molar-refractivity contribution in [1.82, 2.24) is 5.32 Å². The second-order valence-electron chi connectivity index (χ2n) is 5.60. The molecule has 0 saturated heterocycles. The Morgan fingerprint density at radius 1 is 1.40 bits per heavy atom. The molecule has 3 rings (SSSR count). The molecule has 0 aromatic heterocycles. The maximum Gasteiger partial charge on any atom is 2.00 e. The number of carboxylic acid groups (broad SMARTS) is 1. The average molecular weight is 640 g/mol. The van der Waals surface area contributed by atoms with Crippen molar-refractivity contribution in [2.24, 2.45) is 4.99 Å². The average Bonchev–Trinajstić information content (AvgIpc) is 2.70. The number of rotatable bonds is 5. The maximum atomic E-state index is 9.51. The van der Waals surface area contributed by atoms with Gasteiger partial charge in [0.15, 0.2) is 0 Å². The number of nitrogens with zero attached hydrogens (tertiary/aromatic N) is 3. The van der Waals surface area contributed by atoms with Crippen LogP contribution in [0.5, 0.6) is 0 Å². The molecule has 1 aromatic carbocycles. The molecule has 162 valence electrons. The molecular weight excluding hydrogens is 608 g/mol. The van der Waals surface area contributed by atoms with E-state index in [-0.39, 0.29) is 37.7 Å². The van der Waals surface area contributed by atoms with Gasteiger partial charge in [-0.3, -0.25) is 9.79 Å². The van der Waals surface area contributed by atoms with Crippen LogP contribution in [0.2, 0.25) is 0 Å². The van der Waals surface area contributed by atoms with Crippen molar-refractivity contribution in [3.05, 3.63) is 77.2 Å². The number of carbonyl (C=O) groups is 1. The van der Waals surface area contributed by atoms with E-state index in [1.54, 1.807) is 12.4 Å². The summed E-state index contributed by atoms with van der Waals surface area (Å²) in [5.41, 5.74) is 2.85. The van der Waals surface area contributed by atoms with Crippen molar-refractivity contribution < 1.29 is 45.8 Å². The number of hydrogen-bond donors (Lipinski definition) is 3. The van der Waals surface area contributed by atoms with Gasteiger partial charge in [-0.2, -0.15) is 7.05 Å². The van der Waals surface area contributed by atoms with E-state index in [0.29, 0.717) is 0 Å². The largest absolute Gasteiger partial charge is 2.00 e. The van der Waals surface area contributed by atoms with Crippen LogP contribution in [-0.2, 0) is 9.53 Å². The Morgan fingerprint density at radius 3 is 2.43 bits per heavy atom. The number of benzene rings is 1. The number of para-hydroxylation sites is 1. The third-order valence-electron chi connectivity index (χ3n) is 2.88. The molecule has 0 saturated carbocycles. The zero-order valence-corrected chi connectivity index (χ0v) is 22.1. The fraction of sp³-hybridized carbons (Fsp3) is 0.333. The van der Waals surface area contributed by atoms with E-state index in [4.69, 9.17) is 9.84 Å². The molecule has 0 aliphatic carbocycles. The van der Waals surface area contributed by atoms with Gasteiger partial charge in [0, 0.05) is 36.2 Å². The van der Waals surface area contributed by atoms with Gasteiger partial charge in [-0.25, -0.2) is 0 Å². The number of aliphatic carboxylic acids is 1. The summed E-state index contributed by atoms with van der Waals surface area (Å²) in [5.74, 6) is -0.149. The molecule has 1 aromatic rings. The summed E-state index contributed by atoms with van der Waals surface area (Å²) in [6.07, 6.45) is 4.59. The number of ether oxygens (including phenoxy) is 1. The van der Waals surface area contributed by atoms with Gasteiger partial charge < -0.3 is 31.1 Å². The second-order valence-corrected chi connectivity index (χ2v) is 5.60. The van der Waals surface area contributed by atoms with Gasteiger partial charge in [-0.05, 0) is 25.4 Å². The first kappa shape index (κ1) is 30.0. The smallest absolute Gasteiger partial charge is 0.656 e. The Kier molecular flexibility index (Phi) is 20.1. The van der Waals surface area contributed by atoms with Crippen LogP contribution in [0.1, 0.15) is 20.3 Å². The zero-order chi connectivity index (χ0) is 21.9. The summed E-state index contributed by atoms with van der Waals surface area (Å²) >= 11 is 0. The normalized spacial score (nSPS) is 12.7. The second kappa shape index (κ2) is 20.1. The van der Waals surface area contributed by atoms with E-state index >= 15 is 0 Å². The molecule has 0 amide bonds. The monoisotopic (exact) mass is 639 g/mol. The van der Waals surface area contributed by atoms with Crippen molar-refractivity contribution >= 4 is 18.4 Å². The summed E-state index contributed by atoms with van der Waals surface area (Å²) in [7, 11) is 1.47. The van der Waals surface area contributed by atoms with E-state index < -0.39 is 5.97 Å². The fourth-order valence-electron chi connectivity index (χ4n) is 1.77. The molecule has 2 heterocycles. The Hall–Kier alpha value is -2.21. The molecule has 0 bridgehead atoms. The van der Waals surface area contributed by atoms with E-state index in [2.05, 4.69) is 53.4 Å². The van der Waals surface area contributed by atoms with Gasteiger partial charge in [0.2, 0.25) is 0 Å². The van der Waals surface area contributed by atoms with Crippen LogP contribution < -0.4 is 10.6 Å². The summed E-state index contributed by atoms with van der Waals surface area (Å²) in [6, 6.07) is 9.87. The van der Waals surface area contributed by atoms with Crippen molar-refractivity contribution in [2.45, 2.75) is 20.3 Å². The third-order valence-corrected chi connectivity index (χ3v) is 2.88. The number of nitrogens with one attached hydrogen (secondary N) is 2. The molecule has 2 aliphatic heterocycles. The van der Waals surface area contributed by atoms with Gasteiger partial charge in [-0.1, -0.05) is 38.5 Å². The third kappa shape index (κ3) is 14.7. The molecule has 30 heavy (non-hydrogen) atoms. The van der Waals surface area contributed by atoms with Gasteiger partial charge in [0.25, 0.3) is 5.97 Å². The Labute approximate surface area is 203 Å². The van der Waals surface area contributed by atoms with E-state index in [1.165, 1.54) is 13.5 Å². The van der Waals surface area contributed by atoms with Crippen LogP contribution in [0.4, 0.5) is 5.69 Å². The number of hydrogen-bond acceptors (Lipinski definition) is 5. The Balaban J connectivity index is 0. The van der Waals surface area contributed by atoms with Crippen molar-refractivity contribution in [1.29, 1.82) is 0 Å². The molecule has 9 heteroatoms. The predicted octanol–water partition coefficient (Wildman–Crippen LogP) is 4.44. The molecular formula is C21H31N5O3U. The zero-order valence-electron chi connectivity index (χ0n) is 17.9. The number of carboxylic acids is 1. The van der Waals surface area contributed by atoms with Gasteiger partial charge in [0.05, 0.1) is 0 Å². The van der Waals surface area contributed by atoms with Crippen LogP contribution in [0.15, 0.2) is 71.6 Å². The Bertz CT molecular complexity index is 678. The van der Waals surface area contributed by atoms with Crippen LogP contribution in [0.3, 0.4) is 0 Å². The predicted molar refractivity (Wildman–Crippen MR) is 120 cm³/mol. The van der Waals surface area contributed by atoms with Gasteiger partial charge in [0.1, 0.15) is 6.61 Å².